The molecule has 0 saturated carbocycles. The fraction of sp³-hybridized carbons (Fsp3) is 0.167. The molecule has 0 aliphatic carbocycles. The van der Waals surface area contributed by atoms with Crippen LogP contribution in [-0.2, 0) is 0 Å². The summed E-state index contributed by atoms with van der Waals surface area (Å²) in [4.78, 5) is 9.79. The molecule has 0 aliphatic rings. The molecular formula is C12H10NO4. The molecule has 5 nitrogen and oxygen atoms in total. The molecule has 1 aromatic heterocycles. The van der Waals surface area contributed by atoms with Gasteiger partial charge in [0.25, 0.3) is 0 Å². The Labute approximate surface area is 97.8 Å². The molecule has 1 heterocycles. The van der Waals surface area contributed by atoms with E-state index in [2.05, 4.69) is 10.7 Å². The Kier molecular flexibility index (Phi) is 2.82. The van der Waals surface area contributed by atoms with E-state index in [1.165, 1.54) is 6.07 Å². The van der Waals surface area contributed by atoms with E-state index in [1.54, 1.807) is 6.07 Å². The van der Waals surface area contributed by atoms with Crippen molar-refractivity contribution in [1.82, 2.24) is 0 Å². The molecule has 0 bridgehead atoms. The quantitative estimate of drug-likeness (QED) is 0.600. The van der Waals surface area contributed by atoms with Crippen LogP contribution in [0.1, 0.15) is 11.1 Å². The maximum atomic E-state index is 10.4. The highest BCUT2D eigenvalue weighted by molar-refractivity contribution is 5.41. The van der Waals surface area contributed by atoms with Gasteiger partial charge in [0.15, 0.2) is 5.75 Å². The number of rotatable bonds is 3. The minimum absolute atomic E-state index is 0.199. The second-order valence-corrected chi connectivity index (χ2v) is 3.61. The lowest BCUT2D eigenvalue weighted by molar-refractivity contribution is -0.402. The van der Waals surface area contributed by atoms with Gasteiger partial charge < -0.3 is 9.15 Å². The Morgan fingerprint density at radius 3 is 2.82 bits per heavy atom. The van der Waals surface area contributed by atoms with Crippen molar-refractivity contribution in [3.63, 3.8) is 0 Å². The molecule has 5 heteroatoms. The van der Waals surface area contributed by atoms with Crippen molar-refractivity contribution in [1.29, 1.82) is 0 Å². The topological polar surface area (TPSA) is 65.5 Å². The summed E-state index contributed by atoms with van der Waals surface area (Å²) >= 11 is 0. The predicted molar refractivity (Wildman–Crippen MR) is 60.2 cm³/mol. The van der Waals surface area contributed by atoms with E-state index in [1.807, 2.05) is 26.0 Å². The van der Waals surface area contributed by atoms with Crippen molar-refractivity contribution in [3.05, 3.63) is 51.8 Å². The second kappa shape index (κ2) is 4.29. The fourth-order valence-electron chi connectivity index (χ4n) is 1.37. The van der Waals surface area contributed by atoms with Crippen LogP contribution >= 0.6 is 0 Å². The van der Waals surface area contributed by atoms with E-state index in [-0.39, 0.29) is 11.6 Å². The highest BCUT2D eigenvalue weighted by atomic mass is 16.6. The van der Waals surface area contributed by atoms with Gasteiger partial charge in [-0.2, -0.15) is 0 Å². The van der Waals surface area contributed by atoms with Gasteiger partial charge >= 0.3 is 5.88 Å². The average molecular weight is 232 g/mol. The molecule has 0 unspecified atom stereocenters. The molecule has 0 amide bonds. The molecule has 1 radical (unpaired) electrons. The maximum Gasteiger partial charge on any atom is 0.437 e. The lowest BCUT2D eigenvalue weighted by Gasteiger charge is -2.07. The van der Waals surface area contributed by atoms with Crippen molar-refractivity contribution in [2.75, 3.05) is 0 Å². The molecule has 0 saturated heterocycles. The van der Waals surface area contributed by atoms with E-state index >= 15 is 0 Å². The Morgan fingerprint density at radius 1 is 1.41 bits per heavy atom. The number of benzene rings is 1. The Morgan fingerprint density at radius 2 is 2.18 bits per heavy atom. The van der Waals surface area contributed by atoms with Crippen molar-refractivity contribution >= 4 is 5.88 Å². The lowest BCUT2D eigenvalue weighted by atomic mass is 10.1. The third-order valence-electron chi connectivity index (χ3n) is 2.47. The van der Waals surface area contributed by atoms with Crippen molar-refractivity contribution in [2.24, 2.45) is 0 Å². The normalized spacial score (nSPS) is 10.2. The van der Waals surface area contributed by atoms with Gasteiger partial charge in [0.2, 0.25) is 6.26 Å². The number of furan rings is 1. The first kappa shape index (κ1) is 11.2. The summed E-state index contributed by atoms with van der Waals surface area (Å²) in [6.45, 7) is 3.88. The third kappa shape index (κ3) is 2.28. The van der Waals surface area contributed by atoms with Crippen LogP contribution < -0.4 is 4.74 Å². The van der Waals surface area contributed by atoms with Gasteiger partial charge in [0, 0.05) is 0 Å². The molecule has 1 aromatic carbocycles. The molecule has 87 valence electrons. The standard InChI is InChI=1S/C12H10NO4/c1-8-4-3-5-11(9(8)2)17-10-6-12(13(14)15)16-7-10/h3-6H,1-2H3. The summed E-state index contributed by atoms with van der Waals surface area (Å²) in [5.74, 6) is 0.452. The summed E-state index contributed by atoms with van der Waals surface area (Å²) in [6, 6.07) is 6.80. The average Bonchev–Trinajstić information content (AvgIpc) is 2.73. The zero-order valence-electron chi connectivity index (χ0n) is 9.39. The van der Waals surface area contributed by atoms with Gasteiger partial charge in [-0.25, -0.2) is 0 Å². The zero-order valence-corrected chi connectivity index (χ0v) is 9.39. The maximum absolute atomic E-state index is 10.4. The number of nitro groups is 1. The van der Waals surface area contributed by atoms with Gasteiger partial charge in [-0.15, -0.1) is 0 Å². The van der Waals surface area contributed by atoms with Crippen LogP contribution in [0.2, 0.25) is 0 Å². The minimum Gasteiger partial charge on any atom is -0.453 e. The first-order chi connectivity index (χ1) is 8.08. The number of aryl methyl sites for hydroxylation is 1. The highest BCUT2D eigenvalue weighted by Gasteiger charge is 2.14. The summed E-state index contributed by atoms with van der Waals surface area (Å²) in [5, 5.41) is 10.4. The highest BCUT2D eigenvalue weighted by Crippen LogP contribution is 2.29. The first-order valence-corrected chi connectivity index (χ1v) is 4.98. The Bertz CT molecular complexity index is 559. The van der Waals surface area contributed by atoms with Crippen LogP contribution in [0.15, 0.2) is 28.7 Å². The summed E-state index contributed by atoms with van der Waals surface area (Å²) in [5.41, 5.74) is 2.06. The van der Waals surface area contributed by atoms with E-state index in [9.17, 15) is 10.1 Å². The molecule has 0 N–H and O–H groups in total. The van der Waals surface area contributed by atoms with E-state index in [4.69, 9.17) is 4.74 Å². The zero-order chi connectivity index (χ0) is 12.4. The SMILES string of the molecule is Cc1cccc(Oc2[c]oc([N+](=O)[O-])c2)c1C. The Balaban J connectivity index is 2.25. The molecule has 0 aliphatic heterocycles. The molecule has 0 fully saturated rings. The van der Waals surface area contributed by atoms with E-state index < -0.39 is 4.92 Å². The van der Waals surface area contributed by atoms with Gasteiger partial charge in [0.1, 0.15) is 16.7 Å². The predicted octanol–water partition coefficient (Wildman–Crippen LogP) is 3.40. The number of hydrogen-bond donors (Lipinski definition) is 0. The van der Waals surface area contributed by atoms with Crippen LogP contribution in [0.5, 0.6) is 11.5 Å². The van der Waals surface area contributed by atoms with Gasteiger partial charge in [-0.3, -0.25) is 10.1 Å². The minimum atomic E-state index is -0.632. The van der Waals surface area contributed by atoms with Crippen LogP contribution in [0.3, 0.4) is 0 Å². The second-order valence-electron chi connectivity index (χ2n) is 3.61. The van der Waals surface area contributed by atoms with Crippen LogP contribution in [-0.4, -0.2) is 4.92 Å². The monoisotopic (exact) mass is 232 g/mol. The largest absolute Gasteiger partial charge is 0.453 e. The molecule has 17 heavy (non-hydrogen) atoms. The number of ether oxygens (including phenoxy) is 1. The Hall–Kier alpha value is -2.30. The number of hydrogen-bond acceptors (Lipinski definition) is 4. The van der Waals surface area contributed by atoms with Crippen molar-refractivity contribution in [2.45, 2.75) is 13.8 Å². The molecule has 2 aromatic rings. The lowest BCUT2D eigenvalue weighted by Crippen LogP contribution is -1.88. The summed E-state index contributed by atoms with van der Waals surface area (Å²) in [6.07, 6.45) is 2.34. The third-order valence-corrected chi connectivity index (χ3v) is 2.47. The van der Waals surface area contributed by atoms with Crippen LogP contribution in [0.25, 0.3) is 0 Å². The van der Waals surface area contributed by atoms with Crippen LogP contribution in [0.4, 0.5) is 5.88 Å². The van der Waals surface area contributed by atoms with Gasteiger partial charge in [0.05, 0.1) is 0 Å². The summed E-state index contributed by atoms with van der Waals surface area (Å²) in [7, 11) is 0. The molecule has 0 spiro atoms. The molecular weight excluding hydrogens is 222 g/mol. The van der Waals surface area contributed by atoms with Crippen LogP contribution in [0, 0.1) is 30.2 Å². The number of nitrogens with zero attached hydrogens (tertiary/aromatic N) is 1. The van der Waals surface area contributed by atoms with Crippen molar-refractivity contribution < 1.29 is 14.1 Å². The molecule has 2 rings (SSSR count). The molecule has 0 atom stereocenters. The first-order valence-electron chi connectivity index (χ1n) is 4.98. The summed E-state index contributed by atoms with van der Waals surface area (Å²) < 4.78 is 10.1. The fourth-order valence-corrected chi connectivity index (χ4v) is 1.37. The van der Waals surface area contributed by atoms with E-state index in [0.29, 0.717) is 5.75 Å². The van der Waals surface area contributed by atoms with E-state index in [0.717, 1.165) is 11.1 Å². The van der Waals surface area contributed by atoms with Gasteiger partial charge in [-0.1, -0.05) is 12.1 Å². The smallest absolute Gasteiger partial charge is 0.437 e. The van der Waals surface area contributed by atoms with Crippen molar-refractivity contribution in [3.8, 4) is 11.5 Å². The van der Waals surface area contributed by atoms with Gasteiger partial charge in [-0.05, 0) is 31.0 Å².